The van der Waals surface area contributed by atoms with Gasteiger partial charge in [-0.25, -0.2) is 4.98 Å². The fourth-order valence-electron chi connectivity index (χ4n) is 3.80. The van der Waals surface area contributed by atoms with E-state index in [1.54, 1.807) is 0 Å². The average Bonchev–Trinajstić information content (AvgIpc) is 2.56. The predicted octanol–water partition coefficient (Wildman–Crippen LogP) is 5.38. The van der Waals surface area contributed by atoms with E-state index in [2.05, 4.69) is 49.7 Å². The lowest BCUT2D eigenvalue weighted by Gasteiger charge is -2.57. The van der Waals surface area contributed by atoms with Crippen LogP contribution in [0, 0.1) is 5.92 Å². The van der Waals surface area contributed by atoms with Gasteiger partial charge in [0.05, 0.1) is 0 Å². The number of pyridine rings is 1. The van der Waals surface area contributed by atoms with Gasteiger partial charge < -0.3 is 4.90 Å². The van der Waals surface area contributed by atoms with Crippen molar-refractivity contribution in [1.82, 2.24) is 4.98 Å². The first-order valence-electron chi connectivity index (χ1n) is 9.36. The molecule has 5 heteroatoms. The largest absolute Gasteiger partial charge is 0.365 e. The van der Waals surface area contributed by atoms with Gasteiger partial charge in [0.2, 0.25) is 0 Å². The summed E-state index contributed by atoms with van der Waals surface area (Å²) in [6.45, 7) is 13.9. The second-order valence-corrected chi connectivity index (χ2v) is 10.9. The molecule has 0 N–H and O–H groups in total. The normalized spacial score (nSPS) is 20.7. The van der Waals surface area contributed by atoms with Gasteiger partial charge >= 0.3 is 0 Å². The Labute approximate surface area is 164 Å². The number of aromatic nitrogens is 1. The number of halogens is 1. The maximum Gasteiger partial charge on any atom is 0.129 e. The van der Waals surface area contributed by atoms with Crippen molar-refractivity contribution < 1.29 is 4.21 Å². The van der Waals surface area contributed by atoms with Crippen LogP contribution in [0.4, 0.5) is 5.69 Å². The van der Waals surface area contributed by atoms with Crippen molar-refractivity contribution in [3.63, 3.8) is 0 Å². The fraction of sp³-hybridized carbons (Fsp3) is 0.571. The van der Waals surface area contributed by atoms with E-state index < -0.39 is 10.8 Å². The van der Waals surface area contributed by atoms with Crippen LogP contribution in [0.25, 0.3) is 10.8 Å². The lowest BCUT2D eigenvalue weighted by molar-refractivity contribution is 0.222. The summed E-state index contributed by atoms with van der Waals surface area (Å²) in [5.74, 6) is 1.63. The van der Waals surface area contributed by atoms with E-state index >= 15 is 0 Å². The van der Waals surface area contributed by atoms with E-state index in [0.717, 1.165) is 17.7 Å². The van der Waals surface area contributed by atoms with Crippen molar-refractivity contribution in [3.05, 3.63) is 35.1 Å². The number of benzene rings is 1. The molecule has 1 aromatic heterocycles. The van der Waals surface area contributed by atoms with E-state index in [4.69, 9.17) is 11.6 Å². The van der Waals surface area contributed by atoms with Crippen LogP contribution >= 0.6 is 11.6 Å². The molecule has 0 spiro atoms. The van der Waals surface area contributed by atoms with E-state index in [1.807, 2.05) is 26.1 Å². The molecule has 2 unspecified atom stereocenters. The van der Waals surface area contributed by atoms with Crippen molar-refractivity contribution in [3.8, 4) is 0 Å². The molecule has 0 bridgehead atoms. The monoisotopic (exact) mass is 392 g/mol. The van der Waals surface area contributed by atoms with Crippen molar-refractivity contribution in [2.24, 2.45) is 5.92 Å². The van der Waals surface area contributed by atoms with Gasteiger partial charge in [-0.05, 0) is 42.8 Å². The fourth-order valence-corrected chi connectivity index (χ4v) is 5.26. The summed E-state index contributed by atoms with van der Waals surface area (Å²) in [7, 11) is -0.765. The predicted molar refractivity (Wildman–Crippen MR) is 114 cm³/mol. The lowest BCUT2D eigenvalue weighted by atomic mass is 9.77. The molecule has 1 aliphatic rings. The van der Waals surface area contributed by atoms with Gasteiger partial charge in [-0.1, -0.05) is 45.4 Å². The second-order valence-electron chi connectivity index (χ2n) is 8.44. The minimum Gasteiger partial charge on any atom is -0.365 e. The first kappa shape index (κ1) is 19.6. The minimum absolute atomic E-state index is 0.0174. The summed E-state index contributed by atoms with van der Waals surface area (Å²) < 4.78 is 12.3. The molecule has 2 heterocycles. The molecule has 0 saturated carbocycles. The first-order valence-corrected chi connectivity index (χ1v) is 11.1. The SMILES string of the molecule is CC(C)c1ccc(N2CC(CS(=O)C(C)C)C2(C)C)c2cnc(Cl)cc12. The van der Waals surface area contributed by atoms with Gasteiger partial charge in [-0.3, -0.25) is 4.21 Å². The van der Waals surface area contributed by atoms with Gasteiger partial charge in [0.25, 0.3) is 0 Å². The highest BCUT2D eigenvalue weighted by Crippen LogP contribution is 2.44. The van der Waals surface area contributed by atoms with Crippen molar-refractivity contribution >= 4 is 38.9 Å². The highest BCUT2D eigenvalue weighted by atomic mass is 35.5. The van der Waals surface area contributed by atoms with Crippen molar-refractivity contribution in [2.75, 3.05) is 17.2 Å². The third-order valence-electron chi connectivity index (χ3n) is 5.78. The summed E-state index contributed by atoms with van der Waals surface area (Å²) in [5, 5.41) is 3.08. The van der Waals surface area contributed by atoms with Crippen LogP contribution in [0.1, 0.15) is 53.0 Å². The molecule has 26 heavy (non-hydrogen) atoms. The number of anilines is 1. The van der Waals surface area contributed by atoms with Gasteiger partial charge in [0.1, 0.15) is 5.15 Å². The number of rotatable bonds is 5. The molecule has 1 saturated heterocycles. The highest BCUT2D eigenvalue weighted by Gasteiger charge is 2.47. The molecule has 1 aliphatic heterocycles. The Morgan fingerprint density at radius 1 is 1.27 bits per heavy atom. The Morgan fingerprint density at radius 2 is 1.96 bits per heavy atom. The van der Waals surface area contributed by atoms with Gasteiger partial charge in [0, 0.05) is 57.1 Å². The zero-order valence-electron chi connectivity index (χ0n) is 16.5. The molecule has 2 atom stereocenters. The van der Waals surface area contributed by atoms with E-state index in [-0.39, 0.29) is 10.8 Å². The molecule has 0 amide bonds. The minimum atomic E-state index is -0.765. The van der Waals surface area contributed by atoms with Crippen molar-refractivity contribution in [2.45, 2.75) is 58.2 Å². The van der Waals surface area contributed by atoms with E-state index in [1.165, 1.54) is 16.6 Å². The maximum atomic E-state index is 12.3. The molecular weight excluding hydrogens is 364 g/mol. The molecule has 142 valence electrons. The van der Waals surface area contributed by atoms with Gasteiger partial charge in [-0.15, -0.1) is 0 Å². The highest BCUT2D eigenvalue weighted by molar-refractivity contribution is 7.85. The third kappa shape index (κ3) is 3.38. The Bertz CT molecular complexity index is 847. The standard InChI is InChI=1S/C21H29ClN2OS/c1-13(2)16-7-8-19(18-10-23-20(22)9-17(16)18)24-11-15(21(24,5)6)12-26(25)14(3)4/h7-10,13-15H,11-12H2,1-6H3. The molecule has 3 rings (SSSR count). The second kappa shape index (κ2) is 7.12. The number of nitrogens with zero attached hydrogens (tertiary/aromatic N) is 2. The quantitative estimate of drug-likeness (QED) is 0.640. The first-order chi connectivity index (χ1) is 12.1. The average molecular weight is 393 g/mol. The Kier molecular flexibility index (Phi) is 5.38. The number of hydrogen-bond donors (Lipinski definition) is 0. The van der Waals surface area contributed by atoms with Crippen LogP contribution < -0.4 is 4.90 Å². The van der Waals surface area contributed by atoms with Gasteiger partial charge in [0.15, 0.2) is 0 Å². The summed E-state index contributed by atoms with van der Waals surface area (Å²) in [5.41, 5.74) is 2.48. The maximum absolute atomic E-state index is 12.3. The molecule has 0 radical (unpaired) electrons. The Hall–Kier alpha value is -1.13. The molecule has 1 aromatic carbocycles. The van der Waals surface area contributed by atoms with Crippen LogP contribution in [0.15, 0.2) is 24.4 Å². The van der Waals surface area contributed by atoms with Gasteiger partial charge in [-0.2, -0.15) is 0 Å². The third-order valence-corrected chi connectivity index (χ3v) is 7.77. The topological polar surface area (TPSA) is 33.2 Å². The zero-order valence-corrected chi connectivity index (χ0v) is 18.1. The van der Waals surface area contributed by atoms with Crippen LogP contribution in [0.3, 0.4) is 0 Å². The molecule has 2 aromatic rings. The summed E-state index contributed by atoms with van der Waals surface area (Å²) >= 11 is 6.18. The molecule has 0 aliphatic carbocycles. The van der Waals surface area contributed by atoms with Crippen LogP contribution in [-0.2, 0) is 10.8 Å². The molecule has 3 nitrogen and oxygen atoms in total. The summed E-state index contributed by atoms with van der Waals surface area (Å²) in [6.07, 6.45) is 1.90. The van der Waals surface area contributed by atoms with E-state index in [0.29, 0.717) is 17.0 Å². The van der Waals surface area contributed by atoms with Crippen LogP contribution in [-0.4, -0.2) is 32.3 Å². The smallest absolute Gasteiger partial charge is 0.129 e. The van der Waals surface area contributed by atoms with Crippen molar-refractivity contribution in [1.29, 1.82) is 0 Å². The summed E-state index contributed by atoms with van der Waals surface area (Å²) in [6, 6.07) is 6.41. The number of hydrogen-bond acceptors (Lipinski definition) is 3. The van der Waals surface area contributed by atoms with Crippen LogP contribution in [0.5, 0.6) is 0 Å². The van der Waals surface area contributed by atoms with Crippen LogP contribution in [0.2, 0.25) is 5.15 Å². The molecular formula is C21H29ClN2OS. The summed E-state index contributed by atoms with van der Waals surface area (Å²) in [4.78, 5) is 6.77. The lowest BCUT2D eigenvalue weighted by Crippen LogP contribution is -2.66. The molecule has 1 fully saturated rings. The zero-order chi connectivity index (χ0) is 19.2. The Morgan fingerprint density at radius 3 is 2.54 bits per heavy atom. The number of fused-ring (bicyclic) bond motifs is 1. The van der Waals surface area contributed by atoms with E-state index in [9.17, 15) is 4.21 Å². The Balaban J connectivity index is 1.97.